The van der Waals surface area contributed by atoms with E-state index in [9.17, 15) is 30.0 Å². The highest BCUT2D eigenvalue weighted by Crippen LogP contribution is 2.68. The van der Waals surface area contributed by atoms with Crippen molar-refractivity contribution in [2.75, 3.05) is 6.61 Å². The van der Waals surface area contributed by atoms with Gasteiger partial charge in [-0.1, -0.05) is 19.9 Å². The van der Waals surface area contributed by atoms with Gasteiger partial charge in [0.2, 0.25) is 0 Å². The van der Waals surface area contributed by atoms with Crippen LogP contribution in [0.3, 0.4) is 0 Å². The Morgan fingerprint density at radius 2 is 1.89 bits per heavy atom. The van der Waals surface area contributed by atoms with Gasteiger partial charge in [-0.2, -0.15) is 0 Å². The van der Waals surface area contributed by atoms with Crippen LogP contribution in [0.25, 0.3) is 0 Å². The molecule has 8 atom stereocenters. The van der Waals surface area contributed by atoms with Crippen LogP contribution in [-0.2, 0) is 9.59 Å². The van der Waals surface area contributed by atoms with Crippen molar-refractivity contribution in [3.8, 4) is 0 Å². The standard InChI is InChI=1S/C22H30O6/c1-19-6-4-12(24)8-16(19)21(3,27)9-13-14-5-7-22(28,17(26)11-23)20(14,2)10-15(25)18(13)19/h4,6,8,13-15,18,23,25,27-28H,5,7,9-11H2,1-3H3/t13-,14-,15-,18+,19-,20-,21+,22-/m0/s1. The molecule has 4 aliphatic rings. The van der Waals surface area contributed by atoms with Crippen molar-refractivity contribution >= 4 is 11.6 Å². The Morgan fingerprint density at radius 1 is 1.21 bits per heavy atom. The van der Waals surface area contributed by atoms with Crippen LogP contribution in [0, 0.1) is 28.6 Å². The summed E-state index contributed by atoms with van der Waals surface area (Å²) in [7, 11) is 0. The first-order valence-corrected chi connectivity index (χ1v) is 10.1. The van der Waals surface area contributed by atoms with Crippen LogP contribution in [0.15, 0.2) is 23.8 Å². The largest absolute Gasteiger partial charge is 0.393 e. The fraction of sp³-hybridized carbons (Fsp3) is 0.727. The van der Waals surface area contributed by atoms with Gasteiger partial charge in [-0.25, -0.2) is 0 Å². The highest BCUT2D eigenvalue weighted by molar-refractivity contribution is 6.01. The molecule has 6 heteroatoms. The van der Waals surface area contributed by atoms with Gasteiger partial charge in [0, 0.05) is 16.7 Å². The quantitative estimate of drug-likeness (QED) is 0.557. The third-order valence-corrected chi connectivity index (χ3v) is 8.58. The predicted molar refractivity (Wildman–Crippen MR) is 101 cm³/mol. The molecule has 0 aromatic carbocycles. The fourth-order valence-electron chi connectivity index (χ4n) is 7.37. The second-order valence-corrected chi connectivity index (χ2v) is 10.0. The SMILES string of the molecule is C[C@]12C=CC(=O)C=C1[C@](C)(O)C[C@@H]1[C@@H]2[C@@H](O)C[C@@]2(C)[C@H]1CC[C@]2(O)C(=O)CO. The summed E-state index contributed by atoms with van der Waals surface area (Å²) in [6, 6.07) is 0. The Kier molecular flexibility index (Phi) is 4.17. The summed E-state index contributed by atoms with van der Waals surface area (Å²) in [6.45, 7) is 4.77. The number of aliphatic hydroxyl groups is 4. The lowest BCUT2D eigenvalue weighted by Crippen LogP contribution is -2.64. The van der Waals surface area contributed by atoms with Crippen LogP contribution in [0.2, 0.25) is 0 Å². The first-order valence-electron chi connectivity index (χ1n) is 10.1. The summed E-state index contributed by atoms with van der Waals surface area (Å²) in [5.74, 6) is -1.17. The lowest BCUT2D eigenvalue weighted by atomic mass is 9.44. The number of ketones is 2. The van der Waals surface area contributed by atoms with E-state index in [2.05, 4.69) is 0 Å². The smallest absolute Gasteiger partial charge is 0.190 e. The van der Waals surface area contributed by atoms with Gasteiger partial charge in [0.25, 0.3) is 0 Å². The lowest BCUT2D eigenvalue weighted by molar-refractivity contribution is -0.187. The molecule has 0 aliphatic heterocycles. The zero-order valence-corrected chi connectivity index (χ0v) is 16.7. The molecule has 28 heavy (non-hydrogen) atoms. The van der Waals surface area contributed by atoms with Crippen molar-refractivity contribution in [2.24, 2.45) is 28.6 Å². The Hall–Kier alpha value is -1.34. The van der Waals surface area contributed by atoms with E-state index in [0.717, 1.165) is 0 Å². The van der Waals surface area contributed by atoms with Crippen molar-refractivity contribution in [1.82, 2.24) is 0 Å². The number of rotatable bonds is 2. The molecular weight excluding hydrogens is 360 g/mol. The molecule has 4 rings (SSSR count). The van der Waals surface area contributed by atoms with Crippen molar-refractivity contribution < 1.29 is 30.0 Å². The number of hydrogen-bond donors (Lipinski definition) is 4. The maximum atomic E-state index is 12.4. The molecule has 3 saturated carbocycles. The summed E-state index contributed by atoms with van der Waals surface area (Å²) in [4.78, 5) is 24.4. The van der Waals surface area contributed by atoms with Crippen LogP contribution < -0.4 is 0 Å². The normalized spacial score (nSPS) is 52.5. The van der Waals surface area contributed by atoms with Gasteiger partial charge in [-0.15, -0.1) is 0 Å². The first kappa shape index (κ1) is 20.0. The van der Waals surface area contributed by atoms with Crippen LogP contribution in [0.5, 0.6) is 0 Å². The maximum Gasteiger partial charge on any atom is 0.190 e. The first-order chi connectivity index (χ1) is 12.9. The number of hydrogen-bond acceptors (Lipinski definition) is 6. The van der Waals surface area contributed by atoms with Crippen molar-refractivity contribution in [3.05, 3.63) is 23.8 Å². The molecule has 154 valence electrons. The lowest BCUT2D eigenvalue weighted by Gasteiger charge is -2.62. The van der Waals surface area contributed by atoms with E-state index in [1.165, 1.54) is 12.2 Å². The Morgan fingerprint density at radius 3 is 2.54 bits per heavy atom. The van der Waals surface area contributed by atoms with Crippen LogP contribution in [-0.4, -0.2) is 55.9 Å². The van der Waals surface area contributed by atoms with Gasteiger partial charge in [0.15, 0.2) is 11.6 Å². The number of allylic oxidation sites excluding steroid dienone is 3. The molecular formula is C22H30O6. The Labute approximate surface area is 165 Å². The summed E-state index contributed by atoms with van der Waals surface area (Å²) in [5.41, 5.74) is -3.77. The Bertz CT molecular complexity index is 797. The summed E-state index contributed by atoms with van der Waals surface area (Å²) >= 11 is 0. The van der Waals surface area contributed by atoms with E-state index in [-0.39, 0.29) is 36.4 Å². The van der Waals surface area contributed by atoms with Gasteiger partial charge in [-0.3, -0.25) is 9.59 Å². The van der Waals surface area contributed by atoms with Crippen LogP contribution in [0.1, 0.15) is 46.5 Å². The average molecular weight is 390 g/mol. The zero-order chi connectivity index (χ0) is 20.7. The minimum atomic E-state index is -1.67. The average Bonchev–Trinajstić information content (AvgIpc) is 2.87. The van der Waals surface area contributed by atoms with Gasteiger partial charge >= 0.3 is 0 Å². The van der Waals surface area contributed by atoms with Gasteiger partial charge < -0.3 is 20.4 Å². The summed E-state index contributed by atoms with van der Waals surface area (Å²) in [6.07, 6.45) is 5.46. The number of Topliss-reactive ketones (excluding diaryl/α,β-unsaturated/α-hetero) is 1. The summed E-state index contributed by atoms with van der Waals surface area (Å²) < 4.78 is 0. The molecule has 0 amide bonds. The maximum absolute atomic E-state index is 12.4. The molecule has 4 N–H and O–H groups in total. The molecule has 0 aromatic rings. The topological polar surface area (TPSA) is 115 Å². The molecule has 0 unspecified atom stereocenters. The molecule has 4 aliphatic carbocycles. The Balaban J connectivity index is 1.82. The highest BCUT2D eigenvalue weighted by atomic mass is 16.3. The second-order valence-electron chi connectivity index (χ2n) is 10.0. The number of carbonyl (C=O) groups is 2. The third kappa shape index (κ3) is 2.29. The van der Waals surface area contributed by atoms with E-state index in [1.54, 1.807) is 6.92 Å². The number of carbonyl (C=O) groups excluding carboxylic acids is 2. The predicted octanol–water partition coefficient (Wildman–Crippen LogP) is 0.919. The molecule has 0 radical (unpaired) electrons. The molecule has 0 aromatic heterocycles. The molecule has 0 spiro atoms. The van der Waals surface area contributed by atoms with Crippen LogP contribution in [0.4, 0.5) is 0 Å². The van der Waals surface area contributed by atoms with Gasteiger partial charge in [0.05, 0.1) is 11.7 Å². The molecule has 0 heterocycles. The van der Waals surface area contributed by atoms with Crippen molar-refractivity contribution in [3.63, 3.8) is 0 Å². The van der Waals surface area contributed by atoms with Crippen LogP contribution >= 0.6 is 0 Å². The van der Waals surface area contributed by atoms with E-state index >= 15 is 0 Å². The van der Waals surface area contributed by atoms with E-state index in [0.29, 0.717) is 18.4 Å². The minimum absolute atomic E-state index is 0.0720. The van der Waals surface area contributed by atoms with Gasteiger partial charge in [0.1, 0.15) is 12.2 Å². The molecule has 6 nitrogen and oxygen atoms in total. The highest BCUT2D eigenvalue weighted by Gasteiger charge is 2.69. The second kappa shape index (κ2) is 5.85. The number of aliphatic hydroxyl groups excluding tert-OH is 2. The minimum Gasteiger partial charge on any atom is -0.393 e. The third-order valence-electron chi connectivity index (χ3n) is 8.58. The zero-order valence-electron chi connectivity index (χ0n) is 16.7. The summed E-state index contributed by atoms with van der Waals surface area (Å²) in [5, 5.41) is 43.1. The molecule has 3 fully saturated rings. The van der Waals surface area contributed by atoms with E-state index in [1.807, 2.05) is 19.9 Å². The van der Waals surface area contributed by atoms with Gasteiger partial charge in [-0.05, 0) is 62.2 Å². The van der Waals surface area contributed by atoms with E-state index in [4.69, 9.17) is 0 Å². The monoisotopic (exact) mass is 390 g/mol. The van der Waals surface area contributed by atoms with E-state index < -0.39 is 40.5 Å². The molecule has 0 saturated heterocycles. The fourth-order valence-corrected chi connectivity index (χ4v) is 7.37. The van der Waals surface area contributed by atoms with Crippen molar-refractivity contribution in [1.29, 1.82) is 0 Å². The van der Waals surface area contributed by atoms with Crippen molar-refractivity contribution in [2.45, 2.75) is 63.8 Å². The molecule has 0 bridgehead atoms. The number of fused-ring (bicyclic) bond motifs is 5.